The van der Waals surface area contributed by atoms with Gasteiger partial charge >= 0.3 is 0 Å². The average molecular weight is 387 g/mol. The van der Waals surface area contributed by atoms with Crippen LogP contribution in [-0.4, -0.2) is 64.3 Å². The molecule has 7 nitrogen and oxygen atoms in total. The third-order valence-electron chi connectivity index (χ3n) is 5.10. The lowest BCUT2D eigenvalue weighted by Crippen LogP contribution is -2.41. The molecule has 2 fully saturated rings. The highest BCUT2D eigenvalue weighted by molar-refractivity contribution is 7.99. The number of H-pyrrole nitrogens is 1. The Kier molecular flexibility index (Phi) is 6.04. The van der Waals surface area contributed by atoms with E-state index in [1.807, 2.05) is 6.92 Å². The molecule has 1 N–H and O–H groups in total. The Morgan fingerprint density at radius 3 is 2.72 bits per heavy atom. The number of nitrogens with zero attached hydrogens (tertiary/aromatic N) is 3. The smallest absolute Gasteiger partial charge is 0.233 e. The van der Waals surface area contributed by atoms with Crippen LogP contribution in [0.4, 0.5) is 0 Å². The van der Waals surface area contributed by atoms with E-state index in [9.17, 15) is 13.2 Å². The number of nitrogens with one attached hydrogen (secondary N) is 1. The molecule has 1 aromatic heterocycles. The SMILES string of the molecule is CCN(C(=O)CSc1n[nH]c(CC2CCCC2)n1)C1CCS(=O)(=O)C1. The maximum absolute atomic E-state index is 12.5. The first-order valence-corrected chi connectivity index (χ1v) is 11.8. The number of amides is 1. The fraction of sp³-hybridized carbons (Fsp3) is 0.812. The molecule has 1 saturated heterocycles. The van der Waals surface area contributed by atoms with Crippen LogP contribution in [0.1, 0.15) is 44.9 Å². The Bertz CT molecular complexity index is 698. The van der Waals surface area contributed by atoms with E-state index in [0.717, 1.165) is 12.2 Å². The summed E-state index contributed by atoms with van der Waals surface area (Å²) in [5, 5.41) is 7.77. The molecule has 0 spiro atoms. The summed E-state index contributed by atoms with van der Waals surface area (Å²) in [5.41, 5.74) is 0. The summed E-state index contributed by atoms with van der Waals surface area (Å²) in [5.74, 6) is 2.06. The van der Waals surface area contributed by atoms with E-state index in [0.29, 0.717) is 24.0 Å². The molecular formula is C16H26N4O3S2. The summed E-state index contributed by atoms with van der Waals surface area (Å²) in [6, 6.07) is -0.187. The first-order chi connectivity index (χ1) is 12.0. The second-order valence-electron chi connectivity index (χ2n) is 6.94. The van der Waals surface area contributed by atoms with E-state index in [-0.39, 0.29) is 29.2 Å². The lowest BCUT2D eigenvalue weighted by Gasteiger charge is -2.26. The standard InChI is InChI=1S/C16H26N4O3S2/c1-2-20(13-7-8-25(22,23)11-13)15(21)10-24-16-17-14(18-19-16)9-12-5-3-4-6-12/h12-13H,2-11H2,1H3,(H,17,18,19). The minimum Gasteiger partial charge on any atom is -0.338 e. The molecule has 1 saturated carbocycles. The van der Waals surface area contributed by atoms with Gasteiger partial charge in [0.1, 0.15) is 5.82 Å². The summed E-state index contributed by atoms with van der Waals surface area (Å²) in [6.45, 7) is 2.42. The highest BCUT2D eigenvalue weighted by Crippen LogP contribution is 2.27. The molecule has 1 aliphatic heterocycles. The second-order valence-corrected chi connectivity index (χ2v) is 10.1. The topological polar surface area (TPSA) is 96.0 Å². The van der Waals surface area contributed by atoms with Gasteiger partial charge in [0.05, 0.1) is 17.3 Å². The molecule has 2 aliphatic rings. The Hall–Kier alpha value is -1.09. The molecule has 1 aromatic rings. The van der Waals surface area contributed by atoms with Gasteiger partial charge in [0.15, 0.2) is 9.84 Å². The van der Waals surface area contributed by atoms with Crippen molar-refractivity contribution in [1.29, 1.82) is 0 Å². The molecule has 25 heavy (non-hydrogen) atoms. The van der Waals surface area contributed by atoms with E-state index in [1.54, 1.807) is 4.90 Å². The van der Waals surface area contributed by atoms with Crippen LogP contribution in [0, 0.1) is 5.92 Å². The van der Waals surface area contributed by atoms with Crippen LogP contribution in [0.3, 0.4) is 0 Å². The Morgan fingerprint density at radius 1 is 1.32 bits per heavy atom. The van der Waals surface area contributed by atoms with Gasteiger partial charge in [-0.15, -0.1) is 5.10 Å². The van der Waals surface area contributed by atoms with E-state index < -0.39 is 9.84 Å². The van der Waals surface area contributed by atoms with Crippen LogP contribution >= 0.6 is 11.8 Å². The van der Waals surface area contributed by atoms with Crippen molar-refractivity contribution in [3.63, 3.8) is 0 Å². The van der Waals surface area contributed by atoms with Crippen LogP contribution in [0.2, 0.25) is 0 Å². The van der Waals surface area contributed by atoms with E-state index in [2.05, 4.69) is 15.2 Å². The van der Waals surface area contributed by atoms with E-state index in [4.69, 9.17) is 0 Å². The monoisotopic (exact) mass is 386 g/mol. The van der Waals surface area contributed by atoms with Gasteiger partial charge in [-0.05, 0) is 19.3 Å². The van der Waals surface area contributed by atoms with Crippen LogP contribution in [-0.2, 0) is 21.1 Å². The van der Waals surface area contributed by atoms with Crippen LogP contribution < -0.4 is 0 Å². The Balaban J connectivity index is 1.50. The molecule has 140 valence electrons. The van der Waals surface area contributed by atoms with E-state index in [1.165, 1.54) is 37.4 Å². The summed E-state index contributed by atoms with van der Waals surface area (Å²) in [7, 11) is -2.99. The highest BCUT2D eigenvalue weighted by atomic mass is 32.2. The minimum atomic E-state index is -2.99. The molecule has 1 atom stereocenters. The first-order valence-electron chi connectivity index (χ1n) is 9.01. The molecular weight excluding hydrogens is 360 g/mol. The van der Waals surface area contributed by atoms with Gasteiger partial charge in [-0.1, -0.05) is 37.4 Å². The Labute approximate surface area is 153 Å². The largest absolute Gasteiger partial charge is 0.338 e. The molecule has 2 heterocycles. The molecule has 3 rings (SSSR count). The zero-order valence-corrected chi connectivity index (χ0v) is 16.2. The van der Waals surface area contributed by atoms with Crippen molar-refractivity contribution < 1.29 is 13.2 Å². The number of aromatic amines is 1. The van der Waals surface area contributed by atoms with Crippen molar-refractivity contribution in [3.8, 4) is 0 Å². The van der Waals surface area contributed by atoms with Gasteiger partial charge in [0.2, 0.25) is 11.1 Å². The van der Waals surface area contributed by atoms with Gasteiger partial charge < -0.3 is 4.90 Å². The molecule has 9 heteroatoms. The fourth-order valence-corrected chi connectivity index (χ4v) is 6.22. The van der Waals surface area contributed by atoms with Crippen LogP contribution in [0.5, 0.6) is 0 Å². The van der Waals surface area contributed by atoms with Crippen molar-refractivity contribution in [3.05, 3.63) is 5.82 Å². The lowest BCUT2D eigenvalue weighted by molar-refractivity contribution is -0.129. The number of hydrogen-bond donors (Lipinski definition) is 1. The van der Waals surface area contributed by atoms with Gasteiger partial charge in [-0.3, -0.25) is 9.89 Å². The van der Waals surface area contributed by atoms with Gasteiger partial charge in [0.25, 0.3) is 0 Å². The molecule has 1 unspecified atom stereocenters. The number of carbonyl (C=O) groups is 1. The third-order valence-corrected chi connectivity index (χ3v) is 7.69. The maximum atomic E-state index is 12.5. The summed E-state index contributed by atoms with van der Waals surface area (Å²) in [4.78, 5) is 18.6. The maximum Gasteiger partial charge on any atom is 0.233 e. The quantitative estimate of drug-likeness (QED) is 0.716. The summed E-state index contributed by atoms with van der Waals surface area (Å²) >= 11 is 1.32. The van der Waals surface area contributed by atoms with Crippen LogP contribution in [0.25, 0.3) is 0 Å². The Morgan fingerprint density at radius 2 is 2.08 bits per heavy atom. The molecule has 0 radical (unpaired) electrons. The number of hydrogen-bond acceptors (Lipinski definition) is 6. The molecule has 0 aromatic carbocycles. The number of thioether (sulfide) groups is 1. The predicted molar refractivity (Wildman–Crippen MR) is 97.2 cm³/mol. The van der Waals surface area contributed by atoms with Crippen molar-refractivity contribution in [2.24, 2.45) is 5.92 Å². The summed E-state index contributed by atoms with van der Waals surface area (Å²) in [6.07, 6.45) is 6.60. The summed E-state index contributed by atoms with van der Waals surface area (Å²) < 4.78 is 23.3. The number of sulfone groups is 1. The zero-order valence-electron chi connectivity index (χ0n) is 14.6. The molecule has 1 aliphatic carbocycles. The second kappa shape index (κ2) is 8.07. The lowest BCUT2D eigenvalue weighted by atomic mass is 10.0. The number of rotatable bonds is 7. The van der Waals surface area contributed by atoms with Crippen LogP contribution in [0.15, 0.2) is 5.16 Å². The van der Waals surface area contributed by atoms with Gasteiger partial charge in [0, 0.05) is 19.0 Å². The van der Waals surface area contributed by atoms with Crippen molar-refractivity contribution in [1.82, 2.24) is 20.1 Å². The first kappa shape index (κ1) is 18.7. The van der Waals surface area contributed by atoms with Crippen molar-refractivity contribution in [2.45, 2.75) is 56.6 Å². The fourth-order valence-electron chi connectivity index (χ4n) is 3.79. The van der Waals surface area contributed by atoms with Gasteiger partial charge in [-0.25, -0.2) is 13.4 Å². The normalized spacial score (nSPS) is 23.2. The molecule has 0 bridgehead atoms. The van der Waals surface area contributed by atoms with E-state index >= 15 is 0 Å². The zero-order chi connectivity index (χ0) is 17.9. The third kappa shape index (κ3) is 4.97. The number of aromatic nitrogens is 3. The highest BCUT2D eigenvalue weighted by Gasteiger charge is 2.33. The van der Waals surface area contributed by atoms with Crippen molar-refractivity contribution in [2.75, 3.05) is 23.8 Å². The number of carbonyl (C=O) groups excluding carboxylic acids is 1. The predicted octanol–water partition coefficient (Wildman–Crippen LogP) is 1.67. The molecule has 1 amide bonds. The van der Waals surface area contributed by atoms with Gasteiger partial charge in [-0.2, -0.15) is 0 Å². The van der Waals surface area contributed by atoms with Crippen molar-refractivity contribution >= 4 is 27.5 Å². The minimum absolute atomic E-state index is 0.0447. The average Bonchev–Trinajstić information content (AvgIpc) is 3.29.